The van der Waals surface area contributed by atoms with Crippen LogP contribution < -0.4 is 0 Å². The predicted octanol–water partition coefficient (Wildman–Crippen LogP) is 3.56. The van der Waals surface area contributed by atoms with Crippen LogP contribution in [-0.2, 0) is 9.53 Å². The Labute approximate surface area is 151 Å². The van der Waals surface area contributed by atoms with Crippen LogP contribution in [0.1, 0.15) is 56.0 Å². The van der Waals surface area contributed by atoms with Crippen molar-refractivity contribution >= 4 is 17.8 Å². The summed E-state index contributed by atoms with van der Waals surface area (Å²) in [5, 5.41) is 9.80. The molecule has 26 heavy (non-hydrogen) atoms. The van der Waals surface area contributed by atoms with Crippen molar-refractivity contribution in [2.75, 3.05) is 6.54 Å². The number of halogens is 1. The molecule has 1 amide bonds. The first-order valence-corrected chi connectivity index (χ1v) is 8.50. The number of benzene rings is 1. The third-order valence-electron chi connectivity index (χ3n) is 4.45. The highest BCUT2D eigenvalue weighted by atomic mass is 19.1. The van der Waals surface area contributed by atoms with Crippen molar-refractivity contribution in [2.24, 2.45) is 0 Å². The second-order valence-electron chi connectivity index (χ2n) is 7.64. The number of carboxylic acids is 1. The molecule has 0 unspecified atom stereocenters. The Bertz CT molecular complexity index is 740. The molecule has 142 valence electrons. The van der Waals surface area contributed by atoms with E-state index in [0.717, 1.165) is 11.0 Å². The average Bonchev–Trinajstić information content (AvgIpc) is 2.93. The van der Waals surface area contributed by atoms with Crippen LogP contribution in [0.15, 0.2) is 18.2 Å². The molecule has 1 aromatic carbocycles. The van der Waals surface area contributed by atoms with Crippen LogP contribution in [0.5, 0.6) is 0 Å². The van der Waals surface area contributed by atoms with E-state index in [1.165, 1.54) is 12.1 Å². The van der Waals surface area contributed by atoms with Crippen molar-refractivity contribution in [3.8, 4) is 0 Å². The average molecular weight is 365 g/mol. The second-order valence-corrected chi connectivity index (χ2v) is 7.64. The number of carbonyl (C=O) groups excluding carboxylic acids is 2. The molecule has 1 aliphatic heterocycles. The number of Topliss-reactive ketones (excluding diaryl/α,β-unsaturated/α-hetero) is 1. The number of hydrogen-bond donors (Lipinski definition) is 1. The number of likely N-dealkylation sites (tertiary alicyclic amines) is 1. The van der Waals surface area contributed by atoms with Crippen molar-refractivity contribution < 1.29 is 28.6 Å². The van der Waals surface area contributed by atoms with E-state index in [9.17, 15) is 23.9 Å². The summed E-state index contributed by atoms with van der Waals surface area (Å²) in [7, 11) is 0. The third-order valence-corrected chi connectivity index (χ3v) is 4.45. The minimum Gasteiger partial charge on any atom is -0.479 e. The normalized spacial score (nSPS) is 20.1. The molecule has 0 aromatic heterocycles. The zero-order valence-electron chi connectivity index (χ0n) is 15.5. The zero-order valence-corrected chi connectivity index (χ0v) is 15.5. The van der Waals surface area contributed by atoms with Gasteiger partial charge in [-0.3, -0.25) is 9.69 Å². The zero-order chi connectivity index (χ0) is 19.7. The summed E-state index contributed by atoms with van der Waals surface area (Å²) >= 11 is 0. The Morgan fingerprint density at radius 3 is 2.50 bits per heavy atom. The largest absolute Gasteiger partial charge is 0.479 e. The minimum atomic E-state index is -1.68. The Kier molecular flexibility index (Phi) is 5.39. The van der Waals surface area contributed by atoms with Crippen molar-refractivity contribution in [1.29, 1.82) is 0 Å². The Morgan fingerprint density at radius 2 is 1.96 bits per heavy atom. The highest BCUT2D eigenvalue weighted by molar-refractivity contribution is 6.01. The lowest BCUT2D eigenvalue weighted by Crippen LogP contribution is -2.55. The van der Waals surface area contributed by atoms with E-state index in [0.29, 0.717) is 12.0 Å². The molecule has 1 aromatic rings. The van der Waals surface area contributed by atoms with Crippen molar-refractivity contribution in [1.82, 2.24) is 4.90 Å². The first-order valence-electron chi connectivity index (χ1n) is 8.50. The number of ether oxygens (including phenoxy) is 1. The molecule has 1 N–H and O–H groups in total. The summed E-state index contributed by atoms with van der Waals surface area (Å²) in [6.45, 7) is 6.82. The summed E-state index contributed by atoms with van der Waals surface area (Å²) in [5.74, 6) is -2.32. The fourth-order valence-electron chi connectivity index (χ4n) is 3.08. The van der Waals surface area contributed by atoms with E-state index >= 15 is 0 Å². The Balaban J connectivity index is 2.30. The number of hydrogen-bond acceptors (Lipinski definition) is 4. The van der Waals surface area contributed by atoms with Crippen LogP contribution in [-0.4, -0.2) is 45.5 Å². The molecule has 0 bridgehead atoms. The topological polar surface area (TPSA) is 83.9 Å². The van der Waals surface area contributed by atoms with Crippen LogP contribution >= 0.6 is 0 Å². The molecular weight excluding hydrogens is 341 g/mol. The summed E-state index contributed by atoms with van der Waals surface area (Å²) in [6, 6.07) is 4.03. The van der Waals surface area contributed by atoms with E-state index < -0.39 is 41.2 Å². The van der Waals surface area contributed by atoms with Gasteiger partial charge in [-0.1, -0.05) is 12.1 Å². The maximum Gasteiger partial charge on any atom is 0.411 e. The lowest BCUT2D eigenvalue weighted by molar-refractivity contribution is -0.149. The number of nitrogens with zero attached hydrogens (tertiary/aromatic N) is 1. The van der Waals surface area contributed by atoms with E-state index in [-0.39, 0.29) is 18.5 Å². The molecule has 0 radical (unpaired) electrons. The molecular formula is C19H24FNO5. The quantitative estimate of drug-likeness (QED) is 0.825. The van der Waals surface area contributed by atoms with Gasteiger partial charge in [0, 0.05) is 18.5 Å². The maximum absolute atomic E-state index is 13.7. The molecule has 1 fully saturated rings. The van der Waals surface area contributed by atoms with Gasteiger partial charge in [0.05, 0.1) is 0 Å². The van der Waals surface area contributed by atoms with E-state index in [1.807, 2.05) is 0 Å². The number of carbonyl (C=O) groups is 3. The molecule has 6 nitrogen and oxygen atoms in total. The summed E-state index contributed by atoms with van der Waals surface area (Å²) in [6.07, 6.45) is -0.604. The van der Waals surface area contributed by atoms with E-state index in [2.05, 4.69) is 0 Å². The molecule has 0 saturated carbocycles. The fraction of sp³-hybridized carbons (Fsp3) is 0.526. The van der Waals surface area contributed by atoms with Gasteiger partial charge in [-0.2, -0.15) is 0 Å². The molecule has 1 heterocycles. The molecule has 2 rings (SSSR count). The van der Waals surface area contributed by atoms with Crippen molar-refractivity contribution in [3.05, 3.63) is 35.1 Å². The summed E-state index contributed by atoms with van der Waals surface area (Å²) in [5.41, 5.74) is -1.98. The number of rotatable bonds is 4. The molecule has 1 saturated heterocycles. The SMILES string of the molecule is Cc1ccc(C(=O)C[C@]2(C(=O)O)CCCN2C(=O)OC(C)(C)C)cc1F. The number of carboxylic acid groups (broad SMARTS) is 1. The number of aliphatic carboxylic acids is 1. The summed E-state index contributed by atoms with van der Waals surface area (Å²) in [4.78, 5) is 38.2. The predicted molar refractivity (Wildman–Crippen MR) is 92.6 cm³/mol. The third kappa shape index (κ3) is 4.03. The standard InChI is InChI=1S/C19H24FNO5/c1-12-6-7-13(10-14(12)20)15(22)11-19(16(23)24)8-5-9-21(19)17(25)26-18(2,3)4/h6-7,10H,5,8-9,11H2,1-4H3,(H,23,24)/t19-/m0/s1. The van der Waals surface area contributed by atoms with Crippen LogP contribution in [0, 0.1) is 12.7 Å². The second kappa shape index (κ2) is 7.05. The minimum absolute atomic E-state index is 0.0877. The van der Waals surface area contributed by atoms with Gasteiger partial charge < -0.3 is 9.84 Å². The number of amides is 1. The van der Waals surface area contributed by atoms with Gasteiger partial charge in [0.2, 0.25) is 0 Å². The molecule has 0 aliphatic carbocycles. The van der Waals surface area contributed by atoms with Crippen LogP contribution in [0.2, 0.25) is 0 Å². The fourth-order valence-corrected chi connectivity index (χ4v) is 3.08. The maximum atomic E-state index is 13.7. The van der Waals surface area contributed by atoms with Gasteiger partial charge in [0.25, 0.3) is 0 Å². The molecule has 0 spiro atoms. The van der Waals surface area contributed by atoms with Gasteiger partial charge in [-0.05, 0) is 52.2 Å². The first kappa shape index (κ1) is 19.9. The van der Waals surface area contributed by atoms with Crippen molar-refractivity contribution in [2.45, 2.75) is 58.1 Å². The lowest BCUT2D eigenvalue weighted by Gasteiger charge is -2.35. The Morgan fingerprint density at radius 1 is 1.31 bits per heavy atom. The highest BCUT2D eigenvalue weighted by Gasteiger charge is 2.52. The van der Waals surface area contributed by atoms with E-state index in [4.69, 9.17) is 4.74 Å². The van der Waals surface area contributed by atoms with Crippen LogP contribution in [0.3, 0.4) is 0 Å². The van der Waals surface area contributed by atoms with Crippen molar-refractivity contribution in [3.63, 3.8) is 0 Å². The molecule has 1 atom stereocenters. The van der Waals surface area contributed by atoms with Gasteiger partial charge >= 0.3 is 12.1 Å². The number of ketones is 1. The first-order chi connectivity index (χ1) is 12.0. The Hall–Kier alpha value is -2.44. The monoisotopic (exact) mass is 365 g/mol. The smallest absolute Gasteiger partial charge is 0.411 e. The highest BCUT2D eigenvalue weighted by Crippen LogP contribution is 2.35. The number of aryl methyl sites for hydroxylation is 1. The van der Waals surface area contributed by atoms with E-state index in [1.54, 1.807) is 27.7 Å². The molecule has 7 heteroatoms. The lowest BCUT2D eigenvalue weighted by atomic mass is 9.87. The van der Waals surface area contributed by atoms with Gasteiger partial charge in [0.1, 0.15) is 11.4 Å². The van der Waals surface area contributed by atoms with Gasteiger partial charge in [-0.15, -0.1) is 0 Å². The van der Waals surface area contributed by atoms with Gasteiger partial charge in [-0.25, -0.2) is 14.0 Å². The van der Waals surface area contributed by atoms with Gasteiger partial charge in [0.15, 0.2) is 11.3 Å². The molecule has 1 aliphatic rings. The van der Waals surface area contributed by atoms with Crippen LogP contribution in [0.25, 0.3) is 0 Å². The van der Waals surface area contributed by atoms with Crippen LogP contribution in [0.4, 0.5) is 9.18 Å². The summed E-state index contributed by atoms with van der Waals surface area (Å²) < 4.78 is 19.0.